The van der Waals surface area contributed by atoms with Gasteiger partial charge in [-0.3, -0.25) is 4.79 Å². The van der Waals surface area contributed by atoms with Gasteiger partial charge < -0.3 is 19.5 Å². The van der Waals surface area contributed by atoms with Gasteiger partial charge in [-0.25, -0.2) is 29.3 Å². The highest BCUT2D eigenvalue weighted by Gasteiger charge is 2.42. The van der Waals surface area contributed by atoms with Gasteiger partial charge in [-0.1, -0.05) is 6.58 Å². The van der Waals surface area contributed by atoms with Gasteiger partial charge in [0.15, 0.2) is 17.3 Å². The van der Waals surface area contributed by atoms with Crippen LogP contribution in [0.15, 0.2) is 61.8 Å². The normalized spacial score (nSPS) is 19.8. The zero-order valence-electron chi connectivity index (χ0n) is 23.3. The number of halogens is 1. The molecule has 3 atom stereocenters. The first-order chi connectivity index (χ1) is 20.4. The van der Waals surface area contributed by atoms with Crippen molar-refractivity contribution in [2.24, 2.45) is 13.0 Å². The van der Waals surface area contributed by atoms with E-state index in [1.165, 1.54) is 12.4 Å². The van der Waals surface area contributed by atoms with Crippen molar-refractivity contribution in [1.82, 2.24) is 34.4 Å². The summed E-state index contributed by atoms with van der Waals surface area (Å²) >= 11 is 0. The van der Waals surface area contributed by atoms with E-state index in [4.69, 9.17) is 9.72 Å². The SMILES string of the molecule is C=CC(=O)N1C[C@H]2CC[C@@H]1C[C@H]2c1ccc2ncnc(Nc3ccc(Oc4cnc5c(c4)ncn5C)c(C)c3F)c2n1. The molecule has 42 heavy (non-hydrogen) atoms. The van der Waals surface area contributed by atoms with Crippen molar-refractivity contribution in [3.05, 3.63) is 78.9 Å². The third kappa shape index (κ3) is 4.41. The molecule has 212 valence electrons. The number of nitrogens with one attached hydrogen (secondary N) is 1. The quantitative estimate of drug-likeness (QED) is 0.267. The highest BCUT2D eigenvalue weighted by Crippen LogP contribution is 2.45. The van der Waals surface area contributed by atoms with Gasteiger partial charge in [0.1, 0.15) is 28.9 Å². The molecule has 3 fully saturated rings. The molecule has 0 radical (unpaired) electrons. The summed E-state index contributed by atoms with van der Waals surface area (Å²) in [4.78, 5) is 36.7. The van der Waals surface area contributed by atoms with Crippen LogP contribution in [0.2, 0.25) is 0 Å². The molecule has 6 heterocycles. The van der Waals surface area contributed by atoms with Crippen LogP contribution in [0.25, 0.3) is 22.2 Å². The molecule has 0 spiro atoms. The Hall–Kier alpha value is -4.93. The molecule has 8 rings (SSSR count). The first-order valence-electron chi connectivity index (χ1n) is 14.0. The summed E-state index contributed by atoms with van der Waals surface area (Å²) in [5.74, 6) is 1.35. The summed E-state index contributed by atoms with van der Waals surface area (Å²) in [6.45, 7) is 6.03. The van der Waals surface area contributed by atoms with E-state index in [1.807, 2.05) is 28.6 Å². The molecule has 5 aromatic rings. The number of aryl methyl sites for hydroxylation is 1. The molecule has 1 N–H and O–H groups in total. The summed E-state index contributed by atoms with van der Waals surface area (Å²) in [7, 11) is 1.87. The maximum Gasteiger partial charge on any atom is 0.246 e. The largest absolute Gasteiger partial charge is 0.455 e. The highest BCUT2D eigenvalue weighted by atomic mass is 19.1. The van der Waals surface area contributed by atoms with Crippen LogP contribution in [0.1, 0.15) is 36.4 Å². The maximum atomic E-state index is 15.6. The summed E-state index contributed by atoms with van der Waals surface area (Å²) in [6, 6.07) is 9.23. The molecule has 3 aliphatic rings. The van der Waals surface area contributed by atoms with E-state index in [2.05, 4.69) is 31.8 Å². The van der Waals surface area contributed by atoms with Crippen LogP contribution in [0.4, 0.5) is 15.9 Å². The predicted molar refractivity (Wildman–Crippen MR) is 156 cm³/mol. The van der Waals surface area contributed by atoms with E-state index in [0.717, 1.165) is 30.6 Å². The van der Waals surface area contributed by atoms with Gasteiger partial charge in [-0.05, 0) is 62.4 Å². The number of aromatic nitrogens is 6. The number of ether oxygens (including phenoxy) is 1. The number of piperidine rings is 2. The summed E-state index contributed by atoms with van der Waals surface area (Å²) in [5.41, 5.74) is 4.19. The van der Waals surface area contributed by atoms with Crippen LogP contribution >= 0.6 is 0 Å². The Labute approximate surface area is 241 Å². The van der Waals surface area contributed by atoms with Crippen LogP contribution in [0.3, 0.4) is 0 Å². The van der Waals surface area contributed by atoms with Gasteiger partial charge in [-0.15, -0.1) is 0 Å². The number of hydrogen-bond donors (Lipinski definition) is 1. The monoisotopic (exact) mass is 564 g/mol. The van der Waals surface area contributed by atoms with Crippen molar-refractivity contribution in [3.8, 4) is 11.5 Å². The van der Waals surface area contributed by atoms with Crippen molar-refractivity contribution >= 4 is 39.6 Å². The van der Waals surface area contributed by atoms with E-state index in [9.17, 15) is 4.79 Å². The number of imidazole rings is 1. The second-order valence-corrected chi connectivity index (χ2v) is 11.0. The van der Waals surface area contributed by atoms with Gasteiger partial charge in [0, 0.05) is 42.9 Å². The van der Waals surface area contributed by atoms with Crippen LogP contribution < -0.4 is 10.1 Å². The number of hydrogen-bond acceptors (Lipinski definition) is 8. The van der Waals surface area contributed by atoms with E-state index in [0.29, 0.717) is 51.9 Å². The van der Waals surface area contributed by atoms with Crippen LogP contribution in [0, 0.1) is 18.7 Å². The molecule has 1 saturated carbocycles. The number of rotatable bonds is 6. The van der Waals surface area contributed by atoms with Gasteiger partial charge in [-0.2, -0.15) is 0 Å². The number of pyridine rings is 2. The van der Waals surface area contributed by atoms with Crippen LogP contribution in [-0.4, -0.2) is 52.9 Å². The van der Waals surface area contributed by atoms with Gasteiger partial charge in [0.25, 0.3) is 0 Å². The molecule has 2 bridgehead atoms. The smallest absolute Gasteiger partial charge is 0.246 e. The van der Waals surface area contributed by atoms with Gasteiger partial charge in [0.05, 0.1) is 23.7 Å². The first kappa shape index (κ1) is 26.0. The Kier molecular flexibility index (Phi) is 6.29. The molecular formula is C31H29FN8O2. The van der Waals surface area contributed by atoms with Crippen molar-refractivity contribution in [2.45, 2.75) is 38.1 Å². The Morgan fingerprint density at radius 2 is 2.02 bits per heavy atom. The fourth-order valence-corrected chi connectivity index (χ4v) is 6.30. The predicted octanol–water partition coefficient (Wildman–Crippen LogP) is 5.57. The van der Waals surface area contributed by atoms with E-state index in [1.54, 1.807) is 37.6 Å². The van der Waals surface area contributed by atoms with Crippen molar-refractivity contribution in [3.63, 3.8) is 0 Å². The lowest BCUT2D eigenvalue weighted by molar-refractivity contribution is -0.134. The first-order valence-corrected chi connectivity index (χ1v) is 14.0. The molecular weight excluding hydrogens is 535 g/mol. The summed E-state index contributed by atoms with van der Waals surface area (Å²) in [6.07, 6.45) is 9.02. The van der Waals surface area contributed by atoms with Crippen LogP contribution in [-0.2, 0) is 11.8 Å². The minimum absolute atomic E-state index is 0.00539. The average Bonchev–Trinajstić information content (AvgIpc) is 3.40. The van der Waals surface area contributed by atoms with Crippen LogP contribution in [0.5, 0.6) is 11.5 Å². The maximum absolute atomic E-state index is 15.6. The lowest BCUT2D eigenvalue weighted by Crippen LogP contribution is -2.53. The van der Waals surface area contributed by atoms with Gasteiger partial charge >= 0.3 is 0 Å². The highest BCUT2D eigenvalue weighted by molar-refractivity contribution is 5.88. The fourth-order valence-electron chi connectivity index (χ4n) is 6.30. The molecule has 1 amide bonds. The summed E-state index contributed by atoms with van der Waals surface area (Å²) < 4.78 is 23.4. The number of carbonyl (C=O) groups excluding carboxylic acids is 1. The molecule has 2 saturated heterocycles. The van der Waals surface area contributed by atoms with Crippen molar-refractivity contribution < 1.29 is 13.9 Å². The number of amides is 1. The third-order valence-electron chi connectivity index (χ3n) is 8.52. The molecule has 10 nitrogen and oxygen atoms in total. The number of fused-ring (bicyclic) bond motifs is 5. The van der Waals surface area contributed by atoms with E-state index >= 15 is 4.39 Å². The topological polar surface area (TPSA) is 111 Å². The Bertz CT molecular complexity index is 1870. The second-order valence-electron chi connectivity index (χ2n) is 11.0. The van der Waals surface area contributed by atoms with E-state index in [-0.39, 0.29) is 23.6 Å². The summed E-state index contributed by atoms with van der Waals surface area (Å²) in [5, 5.41) is 3.13. The zero-order chi connectivity index (χ0) is 29.0. The lowest BCUT2D eigenvalue weighted by Gasteiger charge is -2.49. The molecule has 0 unspecified atom stereocenters. The van der Waals surface area contributed by atoms with E-state index < -0.39 is 5.82 Å². The molecule has 1 aromatic carbocycles. The minimum atomic E-state index is -0.459. The fraction of sp³-hybridized carbons (Fsp3) is 0.290. The standard InChI is InChI=1S/C31H29FN8O2/c1-4-27(41)40-14-18-5-6-19(40)11-21(18)22-7-8-24-29(37-22)30(35-15-34-24)38-23-9-10-26(17(2)28(23)32)42-20-12-25-31(33-13-20)39(3)16-36-25/h4,7-10,12-13,15-16,18-19,21H,1,5-6,11,14H2,2-3H3,(H,34,35,38)/t18-,19-,21-/m1/s1. The Morgan fingerprint density at radius 1 is 1.14 bits per heavy atom. The molecule has 1 aliphatic carbocycles. The van der Waals surface area contributed by atoms with Crippen molar-refractivity contribution in [1.29, 1.82) is 0 Å². The lowest BCUT2D eigenvalue weighted by atomic mass is 9.70. The minimum Gasteiger partial charge on any atom is -0.455 e. The zero-order valence-corrected chi connectivity index (χ0v) is 23.3. The molecule has 2 aliphatic heterocycles. The number of carbonyl (C=O) groups is 1. The molecule has 11 heteroatoms. The molecule has 4 aromatic heterocycles. The third-order valence-corrected chi connectivity index (χ3v) is 8.52. The van der Waals surface area contributed by atoms with Crippen molar-refractivity contribution in [2.75, 3.05) is 11.9 Å². The second kappa shape index (κ2) is 10.2. The average molecular weight is 565 g/mol. The number of nitrogens with zero attached hydrogens (tertiary/aromatic N) is 7. The Morgan fingerprint density at radius 3 is 2.83 bits per heavy atom. The number of anilines is 2. The number of benzene rings is 1. The Balaban J connectivity index is 1.15. The van der Waals surface area contributed by atoms with Gasteiger partial charge in [0.2, 0.25) is 5.91 Å².